The standard InChI is InChI=1S/C40H66O33/c41-1-9-17(43)31(57)39(66-9)73-32-24(50)10(2-42)67-40(32)64-8-16-23(49)30(56)38(72-16)63-7-15-22(48)29(55)37(71-15)62-6-14-21(47)28(54)36(70-14)61-5-13-20(46)27(53)35(69-13)60-4-12-19(45)26(52)34(68-12)59-3-11-18(44)25(51)33(58)65-11/h9-58H,1-8H2/t9-,10-,11-,12-,13-,14-,15-,16-,17-,18-,19-,20-,21-,22-,23-,24-,25+,26+,27+,28+,29+,30+,31+,32+,33?,34+,35+,36+,37+,38+,39+,40+/m1/s1. The summed E-state index contributed by atoms with van der Waals surface area (Å²) in [5, 5.41) is 185. The molecule has 0 radical (unpaired) electrons. The zero-order chi connectivity index (χ0) is 52.7. The average molecular weight is 1070 g/mol. The van der Waals surface area contributed by atoms with Crippen molar-refractivity contribution >= 4 is 0 Å². The molecule has 8 saturated heterocycles. The van der Waals surface area contributed by atoms with Crippen molar-refractivity contribution in [1.29, 1.82) is 0 Å². The Balaban J connectivity index is 0.737. The van der Waals surface area contributed by atoms with E-state index >= 15 is 0 Å². The van der Waals surface area contributed by atoms with Gasteiger partial charge in [-0.2, -0.15) is 0 Å². The molecule has 0 aromatic heterocycles. The van der Waals surface area contributed by atoms with E-state index in [-0.39, 0.29) is 0 Å². The van der Waals surface area contributed by atoms with E-state index in [9.17, 15) is 91.9 Å². The summed E-state index contributed by atoms with van der Waals surface area (Å²) in [6, 6.07) is 0. The Hall–Kier alpha value is -1.32. The van der Waals surface area contributed by atoms with Gasteiger partial charge in [-0.25, -0.2) is 0 Å². The first kappa shape index (κ1) is 57.8. The number of aliphatic hydroxyl groups is 18. The fraction of sp³-hybridized carbons (Fsp3) is 1.00. The molecular weight excluding hydrogens is 1010 g/mol. The van der Waals surface area contributed by atoms with Gasteiger partial charge in [0.25, 0.3) is 0 Å². The fourth-order valence-electron chi connectivity index (χ4n) is 9.22. The second-order valence-electron chi connectivity index (χ2n) is 18.7. The minimum absolute atomic E-state index is 0.449. The monoisotopic (exact) mass is 1070 g/mol. The average Bonchev–Trinajstić information content (AvgIpc) is 4.23. The van der Waals surface area contributed by atoms with Crippen LogP contribution in [0, 0.1) is 0 Å². The van der Waals surface area contributed by atoms with Crippen LogP contribution in [0.25, 0.3) is 0 Å². The van der Waals surface area contributed by atoms with Crippen molar-refractivity contribution in [1.82, 2.24) is 0 Å². The molecule has 0 amide bonds. The summed E-state index contributed by atoms with van der Waals surface area (Å²) in [7, 11) is 0. The third-order valence-corrected chi connectivity index (χ3v) is 13.7. The largest absolute Gasteiger partial charge is 0.394 e. The van der Waals surface area contributed by atoms with Crippen molar-refractivity contribution in [3.05, 3.63) is 0 Å². The number of hydrogen-bond acceptors (Lipinski definition) is 33. The second-order valence-corrected chi connectivity index (χ2v) is 18.7. The van der Waals surface area contributed by atoms with Gasteiger partial charge in [-0.05, 0) is 0 Å². The van der Waals surface area contributed by atoms with Gasteiger partial charge in [0.05, 0.1) is 52.9 Å². The summed E-state index contributed by atoms with van der Waals surface area (Å²) in [6.45, 7) is -4.49. The van der Waals surface area contributed by atoms with Crippen LogP contribution in [0.4, 0.5) is 0 Å². The second kappa shape index (κ2) is 24.8. The Bertz CT molecular complexity index is 1710. The molecule has 73 heavy (non-hydrogen) atoms. The molecule has 18 N–H and O–H groups in total. The van der Waals surface area contributed by atoms with Crippen molar-refractivity contribution in [2.75, 3.05) is 52.9 Å². The molecule has 0 aliphatic carbocycles. The van der Waals surface area contributed by atoms with Gasteiger partial charge in [-0.3, -0.25) is 0 Å². The van der Waals surface area contributed by atoms with E-state index in [0.29, 0.717) is 0 Å². The molecule has 0 aromatic carbocycles. The van der Waals surface area contributed by atoms with E-state index in [1.807, 2.05) is 0 Å². The summed E-state index contributed by atoms with van der Waals surface area (Å²) in [5.41, 5.74) is 0. The normalized spacial score (nSPS) is 53.2. The summed E-state index contributed by atoms with van der Waals surface area (Å²) in [4.78, 5) is 0. The summed E-state index contributed by atoms with van der Waals surface area (Å²) >= 11 is 0. The predicted molar refractivity (Wildman–Crippen MR) is 216 cm³/mol. The summed E-state index contributed by atoms with van der Waals surface area (Å²) in [5.74, 6) is 0. The highest BCUT2D eigenvalue weighted by Crippen LogP contribution is 2.34. The van der Waals surface area contributed by atoms with E-state index in [0.717, 1.165) is 0 Å². The molecule has 424 valence electrons. The quantitative estimate of drug-likeness (QED) is 0.0479. The Labute approximate surface area is 412 Å². The van der Waals surface area contributed by atoms with Gasteiger partial charge in [0.1, 0.15) is 146 Å². The molecule has 0 saturated carbocycles. The van der Waals surface area contributed by atoms with Crippen molar-refractivity contribution in [3.8, 4) is 0 Å². The number of rotatable bonds is 22. The first-order valence-corrected chi connectivity index (χ1v) is 23.4. The molecule has 8 aliphatic heterocycles. The third kappa shape index (κ3) is 12.3. The van der Waals surface area contributed by atoms with Crippen LogP contribution < -0.4 is 0 Å². The zero-order valence-corrected chi connectivity index (χ0v) is 38.3. The van der Waals surface area contributed by atoms with Gasteiger partial charge >= 0.3 is 0 Å². The first-order chi connectivity index (χ1) is 34.7. The van der Waals surface area contributed by atoms with E-state index in [4.69, 9.17) is 71.1 Å². The predicted octanol–water partition coefficient (Wildman–Crippen LogP) is -13.3. The van der Waals surface area contributed by atoms with Crippen LogP contribution in [-0.2, 0) is 71.1 Å². The van der Waals surface area contributed by atoms with E-state index in [2.05, 4.69) is 0 Å². The summed E-state index contributed by atoms with van der Waals surface area (Å²) in [6.07, 6.45) is -48.2. The van der Waals surface area contributed by atoms with E-state index < -0.39 is 250 Å². The highest BCUT2D eigenvalue weighted by Gasteiger charge is 2.54. The fourth-order valence-corrected chi connectivity index (χ4v) is 9.22. The zero-order valence-electron chi connectivity index (χ0n) is 38.3. The Morgan fingerprint density at radius 2 is 0.466 bits per heavy atom. The lowest BCUT2D eigenvalue weighted by Gasteiger charge is -2.26. The van der Waals surface area contributed by atoms with Crippen LogP contribution >= 0.6 is 0 Å². The molecule has 0 spiro atoms. The Kier molecular flexibility index (Phi) is 19.6. The van der Waals surface area contributed by atoms with Gasteiger partial charge in [0, 0.05) is 0 Å². The number of ether oxygens (including phenoxy) is 15. The molecule has 0 aromatic rings. The van der Waals surface area contributed by atoms with E-state index in [1.54, 1.807) is 0 Å². The minimum atomic E-state index is -1.71. The lowest BCUT2D eigenvalue weighted by Crippen LogP contribution is -2.44. The van der Waals surface area contributed by atoms with Gasteiger partial charge in [0.15, 0.2) is 50.3 Å². The maximum Gasteiger partial charge on any atom is 0.187 e. The van der Waals surface area contributed by atoms with Crippen molar-refractivity contribution in [2.24, 2.45) is 0 Å². The smallest absolute Gasteiger partial charge is 0.187 e. The van der Waals surface area contributed by atoms with Crippen LogP contribution in [0.1, 0.15) is 0 Å². The third-order valence-electron chi connectivity index (χ3n) is 13.7. The minimum Gasteiger partial charge on any atom is -0.394 e. The van der Waals surface area contributed by atoms with E-state index in [1.165, 1.54) is 0 Å². The number of aliphatic hydroxyl groups excluding tert-OH is 18. The van der Waals surface area contributed by atoms with Crippen LogP contribution in [-0.4, -0.2) is 342 Å². The van der Waals surface area contributed by atoms with Crippen LogP contribution in [0.5, 0.6) is 0 Å². The molecule has 32 atom stereocenters. The van der Waals surface area contributed by atoms with Crippen LogP contribution in [0.2, 0.25) is 0 Å². The molecule has 8 heterocycles. The van der Waals surface area contributed by atoms with Crippen LogP contribution in [0.3, 0.4) is 0 Å². The number of hydrogen-bond donors (Lipinski definition) is 18. The van der Waals surface area contributed by atoms with Gasteiger partial charge in [0.2, 0.25) is 0 Å². The van der Waals surface area contributed by atoms with Crippen molar-refractivity contribution < 1.29 is 163 Å². The van der Waals surface area contributed by atoms with Gasteiger partial charge < -0.3 is 163 Å². The maximum atomic E-state index is 10.7. The molecule has 8 rings (SSSR count). The molecular formula is C40H66O33. The molecule has 1 unspecified atom stereocenters. The summed E-state index contributed by atoms with van der Waals surface area (Å²) < 4.78 is 82.4. The topological polar surface area (TPSA) is 503 Å². The molecule has 8 fully saturated rings. The Morgan fingerprint density at radius 1 is 0.233 bits per heavy atom. The lowest BCUT2D eigenvalue weighted by molar-refractivity contribution is -0.255. The lowest BCUT2D eigenvalue weighted by atomic mass is 10.1. The van der Waals surface area contributed by atoms with Crippen molar-refractivity contribution in [2.45, 2.75) is 197 Å². The molecule has 8 aliphatic rings. The molecule has 33 nitrogen and oxygen atoms in total. The Morgan fingerprint density at radius 3 is 0.753 bits per heavy atom. The SMILES string of the molecule is OC[C@H]1O[C@@H](O[C@@H]2[C@@H](OC[C@H]3O[C@H](OC[C@H]4O[C@H](OC[C@H]5O[C@H](OC[C@H]6O[C@H](OC[C@H]7O[C@H](OC[C@H]8OC(O)[C@@H](O)[C@@H]8O)[C@@H](O)[C@@H]7O)[C@@H](O)[C@@H]6O)[C@@H](O)[C@@H]5O)[C@@H](O)[C@@H]4O)[C@@H](O)[C@@H]3O)O[C@H](CO)[C@H]2O)[C@@H](O)[C@@H]1O. The van der Waals surface area contributed by atoms with Gasteiger partial charge in [-0.15, -0.1) is 0 Å². The van der Waals surface area contributed by atoms with Crippen molar-refractivity contribution in [3.63, 3.8) is 0 Å². The maximum absolute atomic E-state index is 10.7. The first-order valence-electron chi connectivity index (χ1n) is 23.4. The molecule has 0 bridgehead atoms. The molecule has 33 heteroatoms. The van der Waals surface area contributed by atoms with Crippen LogP contribution in [0.15, 0.2) is 0 Å². The highest BCUT2D eigenvalue weighted by atomic mass is 16.8. The highest BCUT2D eigenvalue weighted by molar-refractivity contribution is 4.96. The van der Waals surface area contributed by atoms with Gasteiger partial charge in [-0.1, -0.05) is 0 Å².